The Kier molecular flexibility index (Phi) is 6.33. The molecule has 0 bridgehead atoms. The SMILES string of the molecule is CCCc1ccc(OCc2sccc2C#CCCO)cc1. The summed E-state index contributed by atoms with van der Waals surface area (Å²) in [5.74, 6) is 6.91. The molecule has 1 N–H and O–H groups in total. The molecule has 0 saturated carbocycles. The molecule has 0 fully saturated rings. The van der Waals surface area contributed by atoms with Crippen molar-refractivity contribution in [2.45, 2.75) is 32.8 Å². The first-order valence-corrected chi connectivity index (χ1v) is 8.09. The molecule has 1 aromatic heterocycles. The number of aliphatic hydroxyl groups excluding tert-OH is 1. The molecule has 2 nitrogen and oxygen atoms in total. The minimum absolute atomic E-state index is 0.104. The van der Waals surface area contributed by atoms with Gasteiger partial charge in [-0.25, -0.2) is 0 Å². The van der Waals surface area contributed by atoms with Crippen LogP contribution in [0.3, 0.4) is 0 Å². The fourth-order valence-corrected chi connectivity index (χ4v) is 2.71. The third-order valence-corrected chi connectivity index (χ3v) is 3.93. The molecule has 2 rings (SSSR count). The van der Waals surface area contributed by atoms with Crippen LogP contribution in [0, 0.1) is 11.8 Å². The van der Waals surface area contributed by atoms with Crippen molar-refractivity contribution in [2.75, 3.05) is 6.61 Å². The second kappa shape index (κ2) is 8.51. The van der Waals surface area contributed by atoms with Gasteiger partial charge in [0.1, 0.15) is 12.4 Å². The summed E-state index contributed by atoms with van der Waals surface area (Å²) in [6.45, 7) is 2.82. The molecule has 0 saturated heterocycles. The van der Waals surface area contributed by atoms with Crippen molar-refractivity contribution in [3.05, 3.63) is 51.7 Å². The van der Waals surface area contributed by atoms with E-state index in [9.17, 15) is 0 Å². The zero-order valence-corrected chi connectivity index (χ0v) is 13.1. The van der Waals surface area contributed by atoms with E-state index >= 15 is 0 Å². The molecule has 110 valence electrons. The number of thiophene rings is 1. The summed E-state index contributed by atoms with van der Waals surface area (Å²) < 4.78 is 5.82. The van der Waals surface area contributed by atoms with Crippen LogP contribution < -0.4 is 4.74 Å². The third-order valence-electron chi connectivity index (χ3n) is 3.04. The Morgan fingerprint density at radius 2 is 2.00 bits per heavy atom. The van der Waals surface area contributed by atoms with Gasteiger partial charge in [0.15, 0.2) is 0 Å². The van der Waals surface area contributed by atoms with Crippen LogP contribution in [-0.4, -0.2) is 11.7 Å². The van der Waals surface area contributed by atoms with Crippen molar-refractivity contribution in [1.29, 1.82) is 0 Å². The maximum atomic E-state index is 8.75. The van der Waals surface area contributed by atoms with E-state index < -0.39 is 0 Å². The quantitative estimate of drug-likeness (QED) is 0.817. The predicted molar refractivity (Wildman–Crippen MR) is 87.7 cm³/mol. The van der Waals surface area contributed by atoms with Gasteiger partial charge in [0.05, 0.1) is 11.5 Å². The molecule has 0 spiro atoms. The van der Waals surface area contributed by atoms with Crippen LogP contribution in [0.1, 0.15) is 35.8 Å². The number of hydrogen-bond acceptors (Lipinski definition) is 3. The average molecular weight is 300 g/mol. The lowest BCUT2D eigenvalue weighted by molar-refractivity contribution is 0.305. The number of benzene rings is 1. The van der Waals surface area contributed by atoms with Crippen LogP contribution in [0.25, 0.3) is 0 Å². The number of hydrogen-bond donors (Lipinski definition) is 1. The fourth-order valence-electron chi connectivity index (χ4n) is 1.97. The molecule has 3 heteroatoms. The summed E-state index contributed by atoms with van der Waals surface area (Å²) >= 11 is 1.65. The van der Waals surface area contributed by atoms with Gasteiger partial charge in [0.2, 0.25) is 0 Å². The van der Waals surface area contributed by atoms with Gasteiger partial charge in [-0.3, -0.25) is 0 Å². The van der Waals surface area contributed by atoms with Gasteiger partial charge in [-0.2, -0.15) is 0 Å². The highest BCUT2D eigenvalue weighted by Gasteiger charge is 2.03. The number of aryl methyl sites for hydroxylation is 1. The maximum Gasteiger partial charge on any atom is 0.124 e. The highest BCUT2D eigenvalue weighted by atomic mass is 32.1. The Balaban J connectivity index is 1.94. The molecular formula is C18H20O2S. The lowest BCUT2D eigenvalue weighted by Gasteiger charge is -2.06. The number of ether oxygens (including phenoxy) is 1. The normalized spacial score (nSPS) is 10.0. The Labute approximate surface area is 130 Å². The number of aliphatic hydroxyl groups is 1. The average Bonchev–Trinajstić information content (AvgIpc) is 2.95. The highest BCUT2D eigenvalue weighted by Crippen LogP contribution is 2.20. The summed E-state index contributed by atoms with van der Waals surface area (Å²) in [5, 5.41) is 10.8. The zero-order chi connectivity index (χ0) is 14.9. The van der Waals surface area contributed by atoms with Gasteiger partial charge in [-0.05, 0) is 35.6 Å². The van der Waals surface area contributed by atoms with Crippen molar-refractivity contribution < 1.29 is 9.84 Å². The van der Waals surface area contributed by atoms with Gasteiger partial charge in [0.25, 0.3) is 0 Å². The van der Waals surface area contributed by atoms with Crippen LogP contribution >= 0.6 is 11.3 Å². The van der Waals surface area contributed by atoms with E-state index in [1.54, 1.807) is 11.3 Å². The largest absolute Gasteiger partial charge is 0.488 e. The second-order valence-corrected chi connectivity index (χ2v) is 5.72. The van der Waals surface area contributed by atoms with Crippen molar-refractivity contribution in [3.8, 4) is 17.6 Å². The Morgan fingerprint density at radius 1 is 1.19 bits per heavy atom. The Bertz CT molecular complexity index is 602. The Morgan fingerprint density at radius 3 is 2.71 bits per heavy atom. The molecule has 1 aromatic carbocycles. The maximum absolute atomic E-state index is 8.75. The molecule has 0 unspecified atom stereocenters. The first-order chi connectivity index (χ1) is 10.3. The van der Waals surface area contributed by atoms with Gasteiger partial charge < -0.3 is 9.84 Å². The monoisotopic (exact) mass is 300 g/mol. The highest BCUT2D eigenvalue weighted by molar-refractivity contribution is 7.10. The van der Waals surface area contributed by atoms with E-state index in [-0.39, 0.29) is 6.61 Å². The minimum atomic E-state index is 0.104. The van der Waals surface area contributed by atoms with Crippen LogP contribution in [0.4, 0.5) is 0 Å². The van der Waals surface area contributed by atoms with Crippen molar-refractivity contribution in [2.24, 2.45) is 0 Å². The smallest absolute Gasteiger partial charge is 0.124 e. The molecule has 1 heterocycles. The summed E-state index contributed by atoms with van der Waals surface area (Å²) in [5.41, 5.74) is 2.34. The third kappa shape index (κ3) is 4.93. The van der Waals surface area contributed by atoms with Crippen LogP contribution in [-0.2, 0) is 13.0 Å². The summed E-state index contributed by atoms with van der Waals surface area (Å²) in [6.07, 6.45) is 2.77. The second-order valence-electron chi connectivity index (χ2n) is 4.72. The van der Waals surface area contributed by atoms with Gasteiger partial charge in [-0.15, -0.1) is 11.3 Å². The van der Waals surface area contributed by atoms with E-state index in [0.717, 1.165) is 29.0 Å². The standard InChI is InChI=1S/C18H20O2S/c1-2-5-15-7-9-17(10-8-15)20-14-18-16(11-13-21-18)6-3-4-12-19/h7-11,13,19H,2,4-5,12,14H2,1H3. The minimum Gasteiger partial charge on any atom is -0.488 e. The summed E-state index contributed by atoms with van der Waals surface area (Å²) in [7, 11) is 0. The zero-order valence-electron chi connectivity index (χ0n) is 12.3. The van der Waals surface area contributed by atoms with Crippen molar-refractivity contribution in [3.63, 3.8) is 0 Å². The molecule has 0 aliphatic heterocycles. The molecule has 2 aromatic rings. The van der Waals surface area contributed by atoms with Gasteiger partial charge in [-0.1, -0.05) is 37.3 Å². The fraction of sp³-hybridized carbons (Fsp3) is 0.333. The lowest BCUT2D eigenvalue weighted by atomic mass is 10.1. The van der Waals surface area contributed by atoms with E-state index in [1.807, 2.05) is 23.6 Å². The van der Waals surface area contributed by atoms with Crippen LogP contribution in [0.5, 0.6) is 5.75 Å². The first kappa shape index (κ1) is 15.6. The molecule has 0 aliphatic carbocycles. The molecule has 0 aliphatic rings. The van der Waals surface area contributed by atoms with Gasteiger partial charge >= 0.3 is 0 Å². The topological polar surface area (TPSA) is 29.5 Å². The predicted octanol–water partition coefficient (Wildman–Crippen LogP) is 4.01. The molecule has 0 amide bonds. The summed E-state index contributed by atoms with van der Waals surface area (Å²) in [4.78, 5) is 1.12. The molecule has 21 heavy (non-hydrogen) atoms. The van der Waals surface area contributed by atoms with E-state index in [4.69, 9.17) is 9.84 Å². The lowest BCUT2D eigenvalue weighted by Crippen LogP contribution is -1.95. The number of rotatable bonds is 6. The molecular weight excluding hydrogens is 280 g/mol. The van der Waals surface area contributed by atoms with Crippen LogP contribution in [0.2, 0.25) is 0 Å². The van der Waals surface area contributed by atoms with E-state index in [0.29, 0.717) is 13.0 Å². The van der Waals surface area contributed by atoms with Crippen molar-refractivity contribution in [1.82, 2.24) is 0 Å². The first-order valence-electron chi connectivity index (χ1n) is 7.21. The Hall–Kier alpha value is -1.76. The van der Waals surface area contributed by atoms with E-state index in [1.165, 1.54) is 5.56 Å². The summed E-state index contributed by atoms with van der Waals surface area (Å²) in [6, 6.07) is 10.3. The van der Waals surface area contributed by atoms with E-state index in [2.05, 4.69) is 30.9 Å². The van der Waals surface area contributed by atoms with Gasteiger partial charge in [0, 0.05) is 12.0 Å². The molecule has 0 radical (unpaired) electrons. The molecule has 0 atom stereocenters. The van der Waals surface area contributed by atoms with Crippen LogP contribution in [0.15, 0.2) is 35.7 Å². The van der Waals surface area contributed by atoms with Crippen molar-refractivity contribution >= 4 is 11.3 Å².